The Morgan fingerprint density at radius 2 is 2.00 bits per heavy atom. The van der Waals surface area contributed by atoms with E-state index in [1.165, 1.54) is 17.5 Å². The van der Waals surface area contributed by atoms with Crippen LogP contribution in [0.15, 0.2) is 42.2 Å². The Labute approximate surface area is 213 Å². The first kappa shape index (κ1) is 25.6. The quantitative estimate of drug-likeness (QED) is 0.441. The van der Waals surface area contributed by atoms with Gasteiger partial charge in [-0.05, 0) is 72.9 Å². The molecule has 8 nitrogen and oxygen atoms in total. The van der Waals surface area contributed by atoms with Crippen molar-refractivity contribution in [2.24, 2.45) is 5.73 Å². The largest absolute Gasteiger partial charge is 0.444 e. The van der Waals surface area contributed by atoms with Gasteiger partial charge in [0.2, 0.25) is 0 Å². The number of nitrogens with one attached hydrogen (secondary N) is 2. The van der Waals surface area contributed by atoms with Crippen LogP contribution in [-0.4, -0.2) is 72.1 Å². The van der Waals surface area contributed by atoms with E-state index in [0.29, 0.717) is 0 Å². The maximum atomic E-state index is 11.5. The van der Waals surface area contributed by atoms with E-state index in [1.807, 2.05) is 40.1 Å². The first-order valence-corrected chi connectivity index (χ1v) is 12.3. The van der Waals surface area contributed by atoms with Gasteiger partial charge in [0, 0.05) is 51.5 Å². The van der Waals surface area contributed by atoms with Crippen molar-refractivity contribution in [3.05, 3.63) is 70.2 Å². The van der Waals surface area contributed by atoms with Crippen molar-refractivity contribution < 1.29 is 9.53 Å². The Hall–Kier alpha value is -3.49. The molecule has 2 aliphatic carbocycles. The molecule has 8 heteroatoms. The molecule has 3 aliphatic rings. The average molecular weight is 489 g/mol. The number of nitrogens with zero attached hydrogens (tertiary/aromatic N) is 3. The molecule has 5 rings (SSSR count). The molecule has 1 fully saturated rings. The van der Waals surface area contributed by atoms with E-state index in [9.17, 15) is 4.79 Å². The summed E-state index contributed by atoms with van der Waals surface area (Å²) in [5.74, 6) is 0. The summed E-state index contributed by atoms with van der Waals surface area (Å²) in [5.41, 5.74) is 14.0. The van der Waals surface area contributed by atoms with Crippen LogP contribution >= 0.6 is 0 Å². The number of pyridine rings is 1. The Morgan fingerprint density at radius 3 is 2.69 bits per heavy atom. The van der Waals surface area contributed by atoms with Crippen LogP contribution in [0.25, 0.3) is 17.7 Å². The van der Waals surface area contributed by atoms with Crippen LogP contribution in [0.4, 0.5) is 4.79 Å². The second-order valence-corrected chi connectivity index (χ2v) is 10.2. The Kier molecular flexibility index (Phi) is 7.56. The second-order valence-electron chi connectivity index (χ2n) is 10.2. The predicted octanol–water partition coefficient (Wildman–Crippen LogP) is 3.57. The van der Waals surface area contributed by atoms with Crippen molar-refractivity contribution in [1.82, 2.24) is 20.1 Å². The average Bonchev–Trinajstić information content (AvgIpc) is 3.08. The highest BCUT2D eigenvalue weighted by Crippen LogP contribution is 2.36. The molecule has 190 valence electrons. The number of benzene rings is 1. The summed E-state index contributed by atoms with van der Waals surface area (Å²) in [6.45, 7) is 8.86. The number of amides is 1. The van der Waals surface area contributed by atoms with E-state index in [4.69, 9.17) is 15.9 Å². The molecular formula is C28H36N6O2. The van der Waals surface area contributed by atoms with Crippen molar-refractivity contribution in [3.63, 3.8) is 0 Å². The molecule has 36 heavy (non-hydrogen) atoms. The van der Waals surface area contributed by atoms with Gasteiger partial charge in [-0.2, -0.15) is 0 Å². The molecule has 1 aliphatic heterocycles. The normalized spacial score (nSPS) is 18.2. The van der Waals surface area contributed by atoms with Gasteiger partial charge in [0.15, 0.2) is 0 Å². The lowest BCUT2D eigenvalue weighted by Gasteiger charge is -2.30. The lowest BCUT2D eigenvalue weighted by molar-refractivity contribution is 0.0229. The number of nitrogens with two attached hydrogens (primary N) is 1. The van der Waals surface area contributed by atoms with Gasteiger partial charge in [0.25, 0.3) is 0 Å². The van der Waals surface area contributed by atoms with Crippen molar-refractivity contribution in [2.45, 2.75) is 38.8 Å². The highest BCUT2D eigenvalue weighted by atomic mass is 16.6. The molecule has 2 aromatic rings. The van der Waals surface area contributed by atoms with Gasteiger partial charge in [0.1, 0.15) is 5.60 Å². The number of aromatic nitrogens is 1. The zero-order valence-corrected chi connectivity index (χ0v) is 21.5. The van der Waals surface area contributed by atoms with Crippen LogP contribution in [0.3, 0.4) is 0 Å². The minimum Gasteiger partial charge on any atom is -0.444 e. The van der Waals surface area contributed by atoms with Crippen LogP contribution in [-0.2, 0) is 11.2 Å². The van der Waals surface area contributed by atoms with Gasteiger partial charge >= 0.3 is 6.09 Å². The maximum absolute atomic E-state index is 11.5. The van der Waals surface area contributed by atoms with E-state index in [-0.39, 0.29) is 17.7 Å². The number of carbonyl (C=O) groups is 1. The SMILES string of the molecule is CC(C)(C)OC(=O)N1CCNCC1.CN(C=N)C1=Cc2ccc3c(c2)C(=Cc2cccnc2C3)C1N. The summed E-state index contributed by atoms with van der Waals surface area (Å²) in [4.78, 5) is 19.5. The smallest absolute Gasteiger partial charge is 0.410 e. The summed E-state index contributed by atoms with van der Waals surface area (Å²) >= 11 is 0. The fourth-order valence-electron chi connectivity index (χ4n) is 4.51. The lowest BCUT2D eigenvalue weighted by atomic mass is 9.94. The molecule has 1 saturated heterocycles. The number of hydrogen-bond donors (Lipinski definition) is 3. The third kappa shape index (κ3) is 5.83. The van der Waals surface area contributed by atoms with Crippen LogP contribution in [0.1, 0.15) is 48.7 Å². The van der Waals surface area contributed by atoms with Gasteiger partial charge < -0.3 is 25.6 Å². The molecule has 4 N–H and O–H groups in total. The predicted molar refractivity (Wildman–Crippen MR) is 145 cm³/mol. The van der Waals surface area contributed by atoms with Crippen molar-refractivity contribution >= 4 is 30.2 Å². The van der Waals surface area contributed by atoms with Crippen molar-refractivity contribution in [3.8, 4) is 0 Å². The lowest BCUT2D eigenvalue weighted by Crippen LogP contribution is -2.48. The highest BCUT2D eigenvalue weighted by molar-refractivity contribution is 5.92. The summed E-state index contributed by atoms with van der Waals surface area (Å²) in [6.07, 6.45) is 7.97. The van der Waals surface area contributed by atoms with E-state index < -0.39 is 0 Å². The zero-order valence-electron chi connectivity index (χ0n) is 21.5. The summed E-state index contributed by atoms with van der Waals surface area (Å²) in [7, 11) is 1.86. The van der Waals surface area contributed by atoms with Crippen molar-refractivity contribution in [1.29, 1.82) is 5.41 Å². The number of piperazine rings is 1. The van der Waals surface area contributed by atoms with E-state index in [0.717, 1.165) is 60.7 Å². The topological polar surface area (TPSA) is 108 Å². The Bertz CT molecular complexity index is 1190. The van der Waals surface area contributed by atoms with Crippen LogP contribution in [0, 0.1) is 5.41 Å². The highest BCUT2D eigenvalue weighted by Gasteiger charge is 2.26. The minimum absolute atomic E-state index is 0.200. The Balaban J connectivity index is 0.000000200. The standard InChI is InChI=1S/C19H18N4.C9H18N2O2/c1-23(11-20)18-8-12-4-5-13-10-17-14(3-2-6-22-17)9-16(19(18)21)15(13)7-12;1-9(2,3)13-8(12)11-6-4-10-5-7-11/h2-9,11,19-20H,10,21H2,1H3;10H,4-7H2,1-3H3. The summed E-state index contributed by atoms with van der Waals surface area (Å²) in [5, 5.41) is 10.7. The number of hydrogen-bond acceptors (Lipinski definition) is 6. The molecule has 0 radical (unpaired) electrons. The van der Waals surface area contributed by atoms with Crippen LogP contribution < -0.4 is 11.1 Å². The van der Waals surface area contributed by atoms with Gasteiger partial charge in [0.05, 0.1) is 18.1 Å². The van der Waals surface area contributed by atoms with E-state index in [1.54, 1.807) is 9.80 Å². The first-order valence-electron chi connectivity index (χ1n) is 12.3. The molecular weight excluding hydrogens is 452 g/mol. The number of carbonyl (C=O) groups excluding carboxylic acids is 1. The number of ether oxygens (including phenoxy) is 1. The van der Waals surface area contributed by atoms with Gasteiger partial charge in [-0.25, -0.2) is 4.79 Å². The van der Waals surface area contributed by atoms with Crippen LogP contribution in [0.2, 0.25) is 0 Å². The molecule has 2 bridgehead atoms. The number of rotatable bonds is 2. The van der Waals surface area contributed by atoms with Crippen LogP contribution in [0.5, 0.6) is 0 Å². The summed E-state index contributed by atoms with van der Waals surface area (Å²) < 4.78 is 5.24. The minimum atomic E-state index is -0.387. The molecule has 1 aromatic heterocycles. The molecule has 1 aromatic carbocycles. The zero-order chi connectivity index (χ0) is 25.9. The molecule has 1 unspecified atom stereocenters. The van der Waals surface area contributed by atoms with Gasteiger partial charge in [-0.3, -0.25) is 10.4 Å². The van der Waals surface area contributed by atoms with Gasteiger partial charge in [-0.1, -0.05) is 18.2 Å². The summed E-state index contributed by atoms with van der Waals surface area (Å²) in [6, 6.07) is 10.2. The number of likely N-dealkylation sites (N-methyl/N-ethyl adjacent to an activating group) is 1. The molecule has 0 spiro atoms. The van der Waals surface area contributed by atoms with Crippen molar-refractivity contribution in [2.75, 3.05) is 33.2 Å². The molecule has 2 heterocycles. The third-order valence-electron chi connectivity index (χ3n) is 6.38. The third-order valence-corrected chi connectivity index (χ3v) is 6.38. The fraction of sp³-hybridized carbons (Fsp3) is 0.393. The van der Waals surface area contributed by atoms with E-state index >= 15 is 0 Å². The fourth-order valence-corrected chi connectivity index (χ4v) is 4.51. The Morgan fingerprint density at radius 1 is 1.25 bits per heavy atom. The first-order chi connectivity index (χ1) is 17.2. The monoisotopic (exact) mass is 488 g/mol. The van der Waals surface area contributed by atoms with Gasteiger partial charge in [-0.15, -0.1) is 0 Å². The molecule has 1 amide bonds. The molecule has 0 saturated carbocycles. The molecule has 1 atom stereocenters. The maximum Gasteiger partial charge on any atom is 0.410 e. The number of fused-ring (bicyclic) bond motifs is 2. The van der Waals surface area contributed by atoms with E-state index in [2.05, 4.69) is 46.7 Å². The second kappa shape index (κ2) is 10.6.